The van der Waals surface area contributed by atoms with E-state index in [1.54, 1.807) is 17.1 Å². The minimum atomic E-state index is -0.528. The van der Waals surface area contributed by atoms with E-state index in [0.29, 0.717) is 6.54 Å². The lowest BCUT2D eigenvalue weighted by atomic mass is 10.2. The first-order valence-electron chi connectivity index (χ1n) is 6.35. The molecule has 3 nitrogen and oxygen atoms in total. The summed E-state index contributed by atoms with van der Waals surface area (Å²) in [5.41, 5.74) is 0.929. The van der Waals surface area contributed by atoms with Crippen LogP contribution in [0, 0.1) is 11.6 Å². The van der Waals surface area contributed by atoms with Crippen LogP contribution in [-0.4, -0.2) is 16.1 Å². The van der Waals surface area contributed by atoms with Gasteiger partial charge in [0.05, 0.1) is 18.6 Å². The summed E-state index contributed by atoms with van der Waals surface area (Å²) >= 11 is 0. The predicted molar refractivity (Wildman–Crippen MR) is 69.7 cm³/mol. The third-order valence-corrected chi connectivity index (χ3v) is 2.82. The largest absolute Gasteiger partial charge is 0.333 e. The van der Waals surface area contributed by atoms with Gasteiger partial charge in [0, 0.05) is 18.3 Å². The molecule has 0 aliphatic carbocycles. The van der Waals surface area contributed by atoms with Crippen LogP contribution in [-0.2, 0) is 13.1 Å². The fourth-order valence-electron chi connectivity index (χ4n) is 1.84. The van der Waals surface area contributed by atoms with E-state index in [0.717, 1.165) is 18.7 Å². The highest BCUT2D eigenvalue weighted by molar-refractivity contribution is 5.20. The third kappa shape index (κ3) is 3.61. The predicted octanol–water partition coefficient (Wildman–Crippen LogP) is 2.71. The van der Waals surface area contributed by atoms with Gasteiger partial charge in [0.2, 0.25) is 0 Å². The van der Waals surface area contributed by atoms with Crippen LogP contribution in [0.1, 0.15) is 24.6 Å². The lowest BCUT2D eigenvalue weighted by Crippen LogP contribution is -2.13. The van der Waals surface area contributed by atoms with Crippen molar-refractivity contribution in [1.82, 2.24) is 14.9 Å². The molecule has 0 fully saturated rings. The standard InChI is InChI=1S/C14H17F2N3/c1-2-6-17-7-11-8-19(10-18-11)9-12-13(15)4-3-5-14(12)16/h3-5,8,10,17H,2,6-7,9H2,1H3. The molecule has 102 valence electrons. The Morgan fingerprint density at radius 3 is 2.68 bits per heavy atom. The molecule has 2 rings (SSSR count). The van der Waals surface area contributed by atoms with E-state index < -0.39 is 11.6 Å². The molecular formula is C14H17F2N3. The van der Waals surface area contributed by atoms with E-state index >= 15 is 0 Å². The summed E-state index contributed by atoms with van der Waals surface area (Å²) < 4.78 is 28.7. The smallest absolute Gasteiger partial charge is 0.131 e. The van der Waals surface area contributed by atoms with Crippen molar-refractivity contribution < 1.29 is 8.78 Å². The molecule has 0 bridgehead atoms. The molecule has 0 saturated carbocycles. The van der Waals surface area contributed by atoms with Crippen LogP contribution in [0.5, 0.6) is 0 Å². The lowest BCUT2D eigenvalue weighted by Gasteiger charge is -2.05. The van der Waals surface area contributed by atoms with Crippen molar-refractivity contribution in [3.8, 4) is 0 Å². The van der Waals surface area contributed by atoms with Gasteiger partial charge in [-0.2, -0.15) is 0 Å². The van der Waals surface area contributed by atoms with Crippen LogP contribution in [0.2, 0.25) is 0 Å². The first-order chi connectivity index (χ1) is 9.20. The van der Waals surface area contributed by atoms with Gasteiger partial charge < -0.3 is 9.88 Å². The van der Waals surface area contributed by atoms with Gasteiger partial charge >= 0.3 is 0 Å². The Morgan fingerprint density at radius 2 is 2.00 bits per heavy atom. The molecule has 19 heavy (non-hydrogen) atoms. The summed E-state index contributed by atoms with van der Waals surface area (Å²) in [5.74, 6) is -1.06. The molecule has 0 amide bonds. The normalized spacial score (nSPS) is 10.9. The summed E-state index contributed by atoms with van der Waals surface area (Å²) in [7, 11) is 0. The monoisotopic (exact) mass is 265 g/mol. The summed E-state index contributed by atoms with van der Waals surface area (Å²) in [6.07, 6.45) is 4.45. The topological polar surface area (TPSA) is 29.9 Å². The van der Waals surface area contributed by atoms with Gasteiger partial charge in [-0.3, -0.25) is 0 Å². The Bertz CT molecular complexity index is 517. The lowest BCUT2D eigenvalue weighted by molar-refractivity contribution is 0.544. The second-order valence-corrected chi connectivity index (χ2v) is 4.41. The maximum absolute atomic E-state index is 13.5. The minimum absolute atomic E-state index is 0.0629. The molecule has 1 heterocycles. The van der Waals surface area contributed by atoms with Crippen LogP contribution in [0.15, 0.2) is 30.7 Å². The van der Waals surface area contributed by atoms with Crippen molar-refractivity contribution in [1.29, 1.82) is 0 Å². The van der Waals surface area contributed by atoms with E-state index in [4.69, 9.17) is 0 Å². The highest BCUT2D eigenvalue weighted by Crippen LogP contribution is 2.13. The van der Waals surface area contributed by atoms with E-state index in [1.807, 2.05) is 0 Å². The van der Waals surface area contributed by atoms with Crippen molar-refractivity contribution in [2.24, 2.45) is 0 Å². The maximum atomic E-state index is 13.5. The molecule has 0 atom stereocenters. The zero-order valence-corrected chi connectivity index (χ0v) is 10.9. The fraction of sp³-hybridized carbons (Fsp3) is 0.357. The highest BCUT2D eigenvalue weighted by atomic mass is 19.1. The highest BCUT2D eigenvalue weighted by Gasteiger charge is 2.09. The third-order valence-electron chi connectivity index (χ3n) is 2.82. The summed E-state index contributed by atoms with van der Waals surface area (Å²) in [4.78, 5) is 4.20. The molecule has 1 N–H and O–H groups in total. The van der Waals surface area contributed by atoms with E-state index in [-0.39, 0.29) is 12.1 Å². The summed E-state index contributed by atoms with van der Waals surface area (Å²) in [5, 5.41) is 3.23. The van der Waals surface area contributed by atoms with Crippen LogP contribution in [0.25, 0.3) is 0 Å². The van der Waals surface area contributed by atoms with Crippen molar-refractivity contribution >= 4 is 0 Å². The number of rotatable bonds is 6. The average molecular weight is 265 g/mol. The second kappa shape index (κ2) is 6.43. The van der Waals surface area contributed by atoms with Crippen molar-refractivity contribution in [3.05, 3.63) is 53.6 Å². The summed E-state index contributed by atoms with van der Waals surface area (Å²) in [6.45, 7) is 3.83. The van der Waals surface area contributed by atoms with Gasteiger partial charge in [-0.05, 0) is 25.1 Å². The number of aromatic nitrogens is 2. The van der Waals surface area contributed by atoms with Crippen molar-refractivity contribution in [3.63, 3.8) is 0 Å². The van der Waals surface area contributed by atoms with Crippen molar-refractivity contribution in [2.45, 2.75) is 26.4 Å². The van der Waals surface area contributed by atoms with Gasteiger partial charge in [-0.15, -0.1) is 0 Å². The molecule has 0 radical (unpaired) electrons. The van der Waals surface area contributed by atoms with Gasteiger partial charge in [0.25, 0.3) is 0 Å². The zero-order valence-electron chi connectivity index (χ0n) is 10.9. The van der Waals surface area contributed by atoms with Crippen molar-refractivity contribution in [2.75, 3.05) is 6.54 Å². The molecule has 0 spiro atoms. The Kier molecular flexibility index (Phi) is 4.63. The second-order valence-electron chi connectivity index (χ2n) is 4.41. The SMILES string of the molecule is CCCNCc1cn(Cc2c(F)cccc2F)cn1. The van der Waals surface area contributed by atoms with Gasteiger partial charge in [-0.1, -0.05) is 13.0 Å². The molecule has 0 unspecified atom stereocenters. The molecule has 5 heteroatoms. The Hall–Kier alpha value is -1.75. The molecule has 0 saturated heterocycles. The number of benzene rings is 1. The van der Waals surface area contributed by atoms with E-state index in [1.165, 1.54) is 18.2 Å². The maximum Gasteiger partial charge on any atom is 0.131 e. The molecule has 2 aromatic rings. The molecule has 1 aromatic heterocycles. The first-order valence-corrected chi connectivity index (χ1v) is 6.35. The Labute approximate surface area is 111 Å². The Morgan fingerprint density at radius 1 is 1.26 bits per heavy atom. The van der Waals surface area contributed by atoms with Crippen LogP contribution in [0.4, 0.5) is 8.78 Å². The number of hydrogen-bond donors (Lipinski definition) is 1. The number of imidazole rings is 1. The molecule has 0 aliphatic rings. The van der Waals surface area contributed by atoms with Gasteiger partial charge in [0.1, 0.15) is 11.6 Å². The quantitative estimate of drug-likeness (QED) is 0.814. The number of nitrogens with zero attached hydrogens (tertiary/aromatic N) is 2. The fourth-order valence-corrected chi connectivity index (χ4v) is 1.84. The first kappa shape index (κ1) is 13.7. The van der Waals surface area contributed by atoms with Crippen LogP contribution < -0.4 is 5.32 Å². The molecular weight excluding hydrogens is 248 g/mol. The zero-order chi connectivity index (χ0) is 13.7. The Balaban J connectivity index is 2.03. The minimum Gasteiger partial charge on any atom is -0.333 e. The molecule has 1 aromatic carbocycles. The number of hydrogen-bond acceptors (Lipinski definition) is 2. The van der Waals surface area contributed by atoms with E-state index in [2.05, 4.69) is 17.2 Å². The average Bonchev–Trinajstić information content (AvgIpc) is 2.82. The van der Waals surface area contributed by atoms with E-state index in [9.17, 15) is 8.78 Å². The van der Waals surface area contributed by atoms with Crippen LogP contribution >= 0.6 is 0 Å². The van der Waals surface area contributed by atoms with Crippen LogP contribution in [0.3, 0.4) is 0 Å². The number of nitrogens with one attached hydrogen (secondary N) is 1. The van der Waals surface area contributed by atoms with Gasteiger partial charge in [0.15, 0.2) is 0 Å². The summed E-state index contributed by atoms with van der Waals surface area (Å²) in [6, 6.07) is 3.89. The van der Waals surface area contributed by atoms with Gasteiger partial charge in [-0.25, -0.2) is 13.8 Å². The molecule has 0 aliphatic heterocycles. The number of halogens is 2.